The predicted molar refractivity (Wildman–Crippen MR) is 36.0 cm³/mol. The lowest BCUT2D eigenvalue weighted by Gasteiger charge is -2.27. The minimum atomic E-state index is 0. The second-order valence-electron chi connectivity index (χ2n) is 2.83. The van der Waals surface area contributed by atoms with Gasteiger partial charge in [0.15, 0.2) is 0 Å². The molecule has 2 N–H and O–H groups in total. The third-order valence-electron chi connectivity index (χ3n) is 1.41. The van der Waals surface area contributed by atoms with Gasteiger partial charge in [-0.05, 0) is 0 Å². The van der Waals surface area contributed by atoms with E-state index in [-0.39, 0.29) is 17.9 Å². The first kappa shape index (κ1) is 12.5. The second-order valence-corrected chi connectivity index (χ2v) is 2.83. The predicted octanol–water partition coefficient (Wildman–Crippen LogP) is -3.95. The SMILES string of the molecule is C[N+](C)(CCO)CCO.[F-]. The van der Waals surface area contributed by atoms with Gasteiger partial charge in [-0.15, -0.1) is 0 Å². The van der Waals surface area contributed by atoms with E-state index in [2.05, 4.69) is 0 Å². The van der Waals surface area contributed by atoms with Crippen molar-refractivity contribution in [2.24, 2.45) is 0 Å². The van der Waals surface area contributed by atoms with Crippen LogP contribution in [0, 0.1) is 0 Å². The van der Waals surface area contributed by atoms with Crippen molar-refractivity contribution in [3.63, 3.8) is 0 Å². The topological polar surface area (TPSA) is 40.5 Å². The minimum absolute atomic E-state index is 0. The van der Waals surface area contributed by atoms with Crippen LogP contribution in [0.5, 0.6) is 0 Å². The van der Waals surface area contributed by atoms with Gasteiger partial charge in [-0.3, -0.25) is 0 Å². The summed E-state index contributed by atoms with van der Waals surface area (Å²) in [5, 5.41) is 17.1. The molecule has 4 heteroatoms. The molecular formula is C6H16FNO2. The summed E-state index contributed by atoms with van der Waals surface area (Å²) >= 11 is 0. The van der Waals surface area contributed by atoms with E-state index in [0.29, 0.717) is 17.6 Å². The van der Waals surface area contributed by atoms with Gasteiger partial charge in [-0.2, -0.15) is 0 Å². The summed E-state index contributed by atoms with van der Waals surface area (Å²) in [5.74, 6) is 0. The average Bonchev–Trinajstić information content (AvgIpc) is 1.64. The van der Waals surface area contributed by atoms with Gasteiger partial charge in [0.25, 0.3) is 0 Å². The third kappa shape index (κ3) is 5.94. The maximum atomic E-state index is 8.53. The normalized spacial score (nSPS) is 10.8. The fraction of sp³-hybridized carbons (Fsp3) is 1.00. The standard InChI is InChI=1S/C6H16NO2.FH/c1-7(2,3-5-8)4-6-9;/h8-9H,3-6H2,1-2H3;1H/q+1;/p-1. The maximum absolute atomic E-state index is 8.53. The lowest BCUT2D eigenvalue weighted by molar-refractivity contribution is -0.890. The lowest BCUT2D eigenvalue weighted by atomic mass is 10.4. The molecule has 0 rings (SSSR count). The molecular weight excluding hydrogens is 137 g/mol. The number of aliphatic hydroxyl groups excluding tert-OH is 2. The fourth-order valence-corrected chi connectivity index (χ4v) is 0.653. The van der Waals surface area contributed by atoms with Gasteiger partial charge in [-0.25, -0.2) is 0 Å². The molecule has 3 nitrogen and oxygen atoms in total. The van der Waals surface area contributed by atoms with Crippen LogP contribution in [-0.4, -0.2) is 55.1 Å². The molecule has 0 atom stereocenters. The molecule has 0 fully saturated rings. The number of rotatable bonds is 4. The van der Waals surface area contributed by atoms with Crippen molar-refractivity contribution in [1.29, 1.82) is 0 Å². The summed E-state index contributed by atoms with van der Waals surface area (Å²) in [6.07, 6.45) is 0. The van der Waals surface area contributed by atoms with Gasteiger partial charge in [-0.1, -0.05) is 0 Å². The zero-order chi connectivity index (χ0) is 7.33. The summed E-state index contributed by atoms with van der Waals surface area (Å²) in [5.41, 5.74) is 0. The van der Waals surface area contributed by atoms with Gasteiger partial charge in [0.2, 0.25) is 0 Å². The highest BCUT2D eigenvalue weighted by Crippen LogP contribution is 1.92. The Morgan fingerprint density at radius 1 is 1.00 bits per heavy atom. The van der Waals surface area contributed by atoms with Crippen LogP contribution in [0.15, 0.2) is 0 Å². The molecule has 0 spiro atoms. The van der Waals surface area contributed by atoms with E-state index < -0.39 is 0 Å². The Balaban J connectivity index is 0. The Bertz CT molecular complexity index is 70.1. The zero-order valence-electron chi connectivity index (χ0n) is 6.55. The number of quaternary nitrogens is 1. The molecule has 10 heavy (non-hydrogen) atoms. The summed E-state index contributed by atoms with van der Waals surface area (Å²) in [6, 6.07) is 0. The molecule has 0 amide bonds. The molecule has 0 saturated carbocycles. The van der Waals surface area contributed by atoms with Crippen molar-refractivity contribution < 1.29 is 19.4 Å². The van der Waals surface area contributed by atoms with Crippen molar-refractivity contribution >= 4 is 0 Å². The van der Waals surface area contributed by atoms with Gasteiger partial charge >= 0.3 is 0 Å². The van der Waals surface area contributed by atoms with E-state index in [1.807, 2.05) is 14.1 Å². The maximum Gasteiger partial charge on any atom is 0.102 e. The van der Waals surface area contributed by atoms with E-state index >= 15 is 0 Å². The first-order valence-corrected chi connectivity index (χ1v) is 3.16. The van der Waals surface area contributed by atoms with Gasteiger partial charge in [0, 0.05) is 0 Å². The number of halogens is 1. The van der Waals surface area contributed by atoms with Crippen LogP contribution >= 0.6 is 0 Å². The largest absolute Gasteiger partial charge is 1.00 e. The summed E-state index contributed by atoms with van der Waals surface area (Å²) in [4.78, 5) is 0. The van der Waals surface area contributed by atoms with Crippen LogP contribution in [0.4, 0.5) is 0 Å². The molecule has 0 bridgehead atoms. The quantitative estimate of drug-likeness (QED) is 0.405. The van der Waals surface area contributed by atoms with Crippen LogP contribution in [0.1, 0.15) is 0 Å². The monoisotopic (exact) mass is 153 g/mol. The number of hydrogen-bond acceptors (Lipinski definition) is 2. The molecule has 0 radical (unpaired) electrons. The Morgan fingerprint density at radius 3 is 1.50 bits per heavy atom. The Labute approximate surface area is 60.9 Å². The average molecular weight is 153 g/mol. The van der Waals surface area contributed by atoms with E-state index in [1.54, 1.807) is 0 Å². The molecule has 0 aliphatic heterocycles. The van der Waals surface area contributed by atoms with Crippen molar-refractivity contribution in [2.45, 2.75) is 0 Å². The molecule has 0 aliphatic rings. The highest BCUT2D eigenvalue weighted by Gasteiger charge is 2.11. The van der Waals surface area contributed by atoms with E-state index in [4.69, 9.17) is 10.2 Å². The molecule has 0 heterocycles. The summed E-state index contributed by atoms with van der Waals surface area (Å²) < 4.78 is 0.688. The molecule has 0 aromatic heterocycles. The van der Waals surface area contributed by atoms with Crippen LogP contribution < -0.4 is 4.70 Å². The first-order valence-electron chi connectivity index (χ1n) is 3.16. The second kappa shape index (κ2) is 5.58. The van der Waals surface area contributed by atoms with E-state index in [0.717, 1.165) is 0 Å². The smallest absolute Gasteiger partial charge is 0.102 e. The van der Waals surface area contributed by atoms with Crippen LogP contribution in [0.2, 0.25) is 0 Å². The van der Waals surface area contributed by atoms with E-state index in [9.17, 15) is 0 Å². The molecule has 0 aliphatic carbocycles. The lowest BCUT2D eigenvalue weighted by Crippen LogP contribution is -3.00. The van der Waals surface area contributed by atoms with Crippen LogP contribution in [-0.2, 0) is 0 Å². The molecule has 64 valence electrons. The molecule has 0 aromatic carbocycles. The third-order valence-corrected chi connectivity index (χ3v) is 1.41. The molecule has 0 unspecified atom stereocenters. The molecule has 0 saturated heterocycles. The number of aliphatic hydroxyl groups is 2. The Morgan fingerprint density at radius 2 is 1.30 bits per heavy atom. The van der Waals surface area contributed by atoms with Crippen LogP contribution in [0.25, 0.3) is 0 Å². The zero-order valence-corrected chi connectivity index (χ0v) is 6.55. The van der Waals surface area contributed by atoms with Crippen molar-refractivity contribution in [2.75, 3.05) is 40.4 Å². The van der Waals surface area contributed by atoms with Crippen molar-refractivity contribution in [3.05, 3.63) is 0 Å². The fourth-order valence-electron chi connectivity index (χ4n) is 0.653. The van der Waals surface area contributed by atoms with Gasteiger partial charge < -0.3 is 19.4 Å². The van der Waals surface area contributed by atoms with Gasteiger partial charge in [0.1, 0.15) is 13.1 Å². The Hall–Kier alpha value is -0.190. The van der Waals surface area contributed by atoms with Crippen molar-refractivity contribution in [1.82, 2.24) is 0 Å². The highest BCUT2D eigenvalue weighted by atomic mass is 19.0. The number of nitrogens with zero attached hydrogens (tertiary/aromatic N) is 1. The van der Waals surface area contributed by atoms with E-state index in [1.165, 1.54) is 0 Å². The Kier molecular flexibility index (Phi) is 6.97. The first-order chi connectivity index (χ1) is 4.12. The highest BCUT2D eigenvalue weighted by molar-refractivity contribution is 4.29. The van der Waals surface area contributed by atoms with Crippen LogP contribution in [0.3, 0.4) is 0 Å². The number of hydrogen-bond donors (Lipinski definition) is 2. The minimum Gasteiger partial charge on any atom is -1.00 e. The van der Waals surface area contributed by atoms with Crippen molar-refractivity contribution in [3.8, 4) is 0 Å². The summed E-state index contributed by atoms with van der Waals surface area (Å²) in [7, 11) is 3.96. The summed E-state index contributed by atoms with van der Waals surface area (Å²) in [6.45, 7) is 1.79. The van der Waals surface area contributed by atoms with Gasteiger partial charge in [0.05, 0.1) is 27.3 Å². The number of likely N-dealkylation sites (N-methyl/N-ethyl adjacent to an activating group) is 1. The molecule has 0 aromatic rings.